The number of aromatic nitrogens is 1. The van der Waals surface area contributed by atoms with Gasteiger partial charge >= 0.3 is 0 Å². The van der Waals surface area contributed by atoms with E-state index in [2.05, 4.69) is 37.2 Å². The van der Waals surface area contributed by atoms with E-state index in [1.807, 2.05) is 30.3 Å². The maximum atomic E-state index is 12.5. The van der Waals surface area contributed by atoms with Crippen LogP contribution in [0.15, 0.2) is 47.1 Å². The summed E-state index contributed by atoms with van der Waals surface area (Å²) in [6.45, 7) is 2.34. The van der Waals surface area contributed by atoms with E-state index in [0.717, 1.165) is 29.4 Å². The predicted octanol–water partition coefficient (Wildman–Crippen LogP) is 3.57. The molecule has 2 aromatic rings. The highest BCUT2D eigenvalue weighted by Crippen LogP contribution is 2.21. The van der Waals surface area contributed by atoms with Crippen LogP contribution in [0.2, 0.25) is 0 Å². The second-order valence-electron chi connectivity index (χ2n) is 6.19. The van der Waals surface area contributed by atoms with Gasteiger partial charge in [0.05, 0.1) is 17.6 Å². The number of amides is 1. The molecule has 0 unspecified atom stereocenters. The summed E-state index contributed by atoms with van der Waals surface area (Å²) in [5, 5.41) is 12.1. The molecule has 2 heterocycles. The van der Waals surface area contributed by atoms with Crippen LogP contribution in [0.3, 0.4) is 0 Å². The number of hydrogen-bond donors (Lipinski definition) is 1. The number of benzene rings is 1. The first-order chi connectivity index (χ1) is 12.2. The maximum Gasteiger partial charge on any atom is 0.229 e. The fourth-order valence-electron chi connectivity index (χ4n) is 3.10. The molecule has 1 amide bonds. The van der Waals surface area contributed by atoms with Gasteiger partial charge in [-0.3, -0.25) is 9.69 Å². The molecule has 5 nitrogen and oxygen atoms in total. The molecule has 25 heavy (non-hydrogen) atoms. The van der Waals surface area contributed by atoms with Crippen LogP contribution in [0.4, 0.5) is 5.82 Å². The minimum absolute atomic E-state index is 0.00749. The molecule has 1 aromatic carbocycles. The number of hydrogen-bond acceptors (Lipinski definition) is 4. The van der Waals surface area contributed by atoms with Crippen LogP contribution in [0, 0.1) is 17.2 Å². The third-order valence-electron chi connectivity index (χ3n) is 4.39. The molecule has 1 aliphatic rings. The average Bonchev–Trinajstić information content (AvgIpc) is 2.64. The summed E-state index contributed by atoms with van der Waals surface area (Å²) in [4.78, 5) is 19.0. The highest BCUT2D eigenvalue weighted by molar-refractivity contribution is 9.10. The molecule has 0 aliphatic carbocycles. The van der Waals surface area contributed by atoms with E-state index in [0.29, 0.717) is 24.5 Å². The smallest absolute Gasteiger partial charge is 0.229 e. The van der Waals surface area contributed by atoms with Gasteiger partial charge in [0, 0.05) is 23.8 Å². The van der Waals surface area contributed by atoms with Crippen molar-refractivity contribution in [2.75, 3.05) is 18.4 Å². The highest BCUT2D eigenvalue weighted by atomic mass is 79.9. The third-order valence-corrected chi connectivity index (χ3v) is 4.86. The standard InChI is InChI=1S/C19H19BrN4O/c20-17-7-8-18(22-11-17)23-19(25)16-6-3-9-24(13-16)12-15-5-2-1-4-14(15)10-21/h1-2,4-5,7-8,11,16H,3,6,9,12-13H2,(H,22,23,25)/t16-/m1/s1. The fourth-order valence-corrected chi connectivity index (χ4v) is 3.33. The van der Waals surface area contributed by atoms with Crippen molar-refractivity contribution in [3.05, 3.63) is 58.2 Å². The van der Waals surface area contributed by atoms with Crippen molar-refractivity contribution >= 4 is 27.7 Å². The van der Waals surface area contributed by atoms with Gasteiger partial charge < -0.3 is 5.32 Å². The molecule has 1 fully saturated rings. The van der Waals surface area contributed by atoms with E-state index in [1.54, 1.807) is 12.3 Å². The Labute approximate surface area is 155 Å². The van der Waals surface area contributed by atoms with Crippen molar-refractivity contribution in [3.63, 3.8) is 0 Å². The zero-order valence-electron chi connectivity index (χ0n) is 13.8. The Bertz CT molecular complexity index is 785. The van der Waals surface area contributed by atoms with Crippen LogP contribution < -0.4 is 5.32 Å². The van der Waals surface area contributed by atoms with Crippen molar-refractivity contribution in [2.45, 2.75) is 19.4 Å². The molecule has 1 atom stereocenters. The Hall–Kier alpha value is -2.23. The van der Waals surface area contributed by atoms with E-state index < -0.39 is 0 Å². The largest absolute Gasteiger partial charge is 0.310 e. The second-order valence-corrected chi connectivity index (χ2v) is 7.11. The van der Waals surface area contributed by atoms with Crippen LogP contribution in [-0.4, -0.2) is 28.9 Å². The average molecular weight is 399 g/mol. The Morgan fingerprint density at radius 3 is 2.96 bits per heavy atom. The Kier molecular flexibility index (Phi) is 5.79. The number of pyridine rings is 1. The summed E-state index contributed by atoms with van der Waals surface area (Å²) in [7, 11) is 0. The predicted molar refractivity (Wildman–Crippen MR) is 99.7 cm³/mol. The minimum atomic E-state index is -0.0616. The number of piperidine rings is 1. The number of halogens is 1. The quantitative estimate of drug-likeness (QED) is 0.854. The van der Waals surface area contributed by atoms with Crippen molar-refractivity contribution < 1.29 is 4.79 Å². The van der Waals surface area contributed by atoms with Crippen LogP contribution in [0.25, 0.3) is 0 Å². The lowest BCUT2D eigenvalue weighted by Gasteiger charge is -2.32. The maximum absolute atomic E-state index is 12.5. The van der Waals surface area contributed by atoms with Gasteiger partial charge in [0.2, 0.25) is 5.91 Å². The molecule has 1 aliphatic heterocycles. The van der Waals surface area contributed by atoms with E-state index in [4.69, 9.17) is 0 Å². The van der Waals surface area contributed by atoms with Crippen molar-refractivity contribution in [2.24, 2.45) is 5.92 Å². The Balaban J connectivity index is 1.61. The number of likely N-dealkylation sites (tertiary alicyclic amines) is 1. The van der Waals surface area contributed by atoms with E-state index in [9.17, 15) is 10.1 Å². The molecule has 3 rings (SSSR count). The zero-order valence-corrected chi connectivity index (χ0v) is 15.4. The van der Waals surface area contributed by atoms with Crippen molar-refractivity contribution in [1.82, 2.24) is 9.88 Å². The first-order valence-electron chi connectivity index (χ1n) is 8.28. The lowest BCUT2D eigenvalue weighted by molar-refractivity contribution is -0.121. The van der Waals surface area contributed by atoms with Gasteiger partial charge in [-0.15, -0.1) is 0 Å². The first kappa shape index (κ1) is 17.6. The molecular formula is C19H19BrN4O. The SMILES string of the molecule is N#Cc1ccccc1CN1CCC[C@@H](C(=O)Nc2ccc(Br)cn2)C1. The van der Waals surface area contributed by atoms with Crippen LogP contribution in [0.5, 0.6) is 0 Å². The number of carbonyl (C=O) groups excluding carboxylic acids is 1. The van der Waals surface area contributed by atoms with Gasteiger partial charge in [0.15, 0.2) is 0 Å². The molecule has 6 heteroatoms. The van der Waals surface area contributed by atoms with E-state index in [1.165, 1.54) is 0 Å². The van der Waals surface area contributed by atoms with Crippen LogP contribution in [-0.2, 0) is 11.3 Å². The fraction of sp³-hybridized carbons (Fsp3) is 0.316. The van der Waals surface area contributed by atoms with Gasteiger partial charge in [-0.25, -0.2) is 4.98 Å². The number of nitrogens with one attached hydrogen (secondary N) is 1. The Morgan fingerprint density at radius 1 is 1.36 bits per heavy atom. The third kappa shape index (κ3) is 4.65. The molecular weight excluding hydrogens is 380 g/mol. The minimum Gasteiger partial charge on any atom is -0.310 e. The van der Waals surface area contributed by atoms with Gasteiger partial charge in [0.1, 0.15) is 5.82 Å². The summed E-state index contributed by atoms with van der Waals surface area (Å²) in [6, 6.07) is 13.5. The molecule has 0 saturated carbocycles. The van der Waals surface area contributed by atoms with Crippen LogP contribution in [0.1, 0.15) is 24.0 Å². The summed E-state index contributed by atoms with van der Waals surface area (Å²) in [5.74, 6) is 0.515. The summed E-state index contributed by atoms with van der Waals surface area (Å²) in [6.07, 6.45) is 3.51. The lowest BCUT2D eigenvalue weighted by atomic mass is 9.96. The summed E-state index contributed by atoms with van der Waals surface area (Å²) < 4.78 is 0.880. The molecule has 0 spiro atoms. The topological polar surface area (TPSA) is 69.0 Å². The van der Waals surface area contributed by atoms with Gasteiger partial charge in [-0.2, -0.15) is 5.26 Å². The van der Waals surface area contributed by atoms with Crippen LogP contribution >= 0.6 is 15.9 Å². The summed E-state index contributed by atoms with van der Waals surface area (Å²) >= 11 is 3.33. The molecule has 0 bridgehead atoms. The lowest BCUT2D eigenvalue weighted by Crippen LogP contribution is -2.40. The van der Waals surface area contributed by atoms with E-state index in [-0.39, 0.29) is 11.8 Å². The normalized spacial score (nSPS) is 17.7. The Morgan fingerprint density at radius 2 is 2.20 bits per heavy atom. The number of anilines is 1. The number of carbonyl (C=O) groups is 1. The van der Waals surface area contributed by atoms with Gasteiger partial charge in [0.25, 0.3) is 0 Å². The summed E-state index contributed by atoms with van der Waals surface area (Å²) in [5.41, 5.74) is 1.72. The molecule has 128 valence electrons. The van der Waals surface area contributed by atoms with Crippen molar-refractivity contribution in [1.29, 1.82) is 5.26 Å². The number of nitrogens with zero attached hydrogens (tertiary/aromatic N) is 3. The second kappa shape index (κ2) is 8.24. The highest BCUT2D eigenvalue weighted by Gasteiger charge is 2.26. The number of rotatable bonds is 4. The van der Waals surface area contributed by atoms with Gasteiger partial charge in [-0.1, -0.05) is 18.2 Å². The molecule has 1 saturated heterocycles. The molecule has 1 N–H and O–H groups in total. The first-order valence-corrected chi connectivity index (χ1v) is 9.08. The van der Waals surface area contributed by atoms with Crippen molar-refractivity contribution in [3.8, 4) is 6.07 Å². The number of nitriles is 1. The molecule has 1 aromatic heterocycles. The van der Waals surface area contributed by atoms with E-state index >= 15 is 0 Å². The van der Waals surface area contributed by atoms with Gasteiger partial charge in [-0.05, 0) is 59.1 Å². The monoisotopic (exact) mass is 398 g/mol. The molecule has 0 radical (unpaired) electrons. The zero-order chi connectivity index (χ0) is 17.6.